The lowest BCUT2D eigenvalue weighted by Crippen LogP contribution is -2.47. The summed E-state index contributed by atoms with van der Waals surface area (Å²) in [5.41, 5.74) is 0. The maximum absolute atomic E-state index is 11.7. The lowest BCUT2D eigenvalue weighted by molar-refractivity contribution is -0.130. The van der Waals surface area contributed by atoms with Crippen LogP contribution in [0.2, 0.25) is 0 Å². The predicted octanol–water partition coefficient (Wildman–Crippen LogP) is -0.268. The molecule has 6 heteroatoms. The molecule has 0 spiro atoms. The molecule has 5 nitrogen and oxygen atoms in total. The number of amides is 1. The van der Waals surface area contributed by atoms with E-state index in [0.717, 1.165) is 6.42 Å². The highest BCUT2D eigenvalue weighted by Crippen LogP contribution is 2.22. The Bertz CT molecular complexity index is 366. The number of carbonyl (C=O) groups excluding carboxylic acids is 1. The van der Waals surface area contributed by atoms with E-state index in [-0.39, 0.29) is 29.6 Å². The highest BCUT2D eigenvalue weighted by Gasteiger charge is 2.37. The molecule has 0 aromatic heterocycles. The van der Waals surface area contributed by atoms with Gasteiger partial charge in [0.15, 0.2) is 0 Å². The van der Waals surface area contributed by atoms with Gasteiger partial charge in [-0.1, -0.05) is 6.92 Å². The van der Waals surface area contributed by atoms with Crippen LogP contribution in [-0.2, 0) is 14.6 Å². The Balaban J connectivity index is 2.05. The molecule has 2 aliphatic heterocycles. The van der Waals surface area contributed by atoms with Gasteiger partial charge in [0, 0.05) is 6.04 Å². The molecule has 0 saturated carbocycles. The fraction of sp³-hybridized carbons (Fsp3) is 0.900. The Morgan fingerprint density at radius 2 is 2.00 bits per heavy atom. The van der Waals surface area contributed by atoms with Crippen molar-refractivity contribution in [2.75, 3.05) is 18.1 Å². The third-order valence-corrected chi connectivity index (χ3v) is 5.13. The molecular weight excluding hydrogens is 228 g/mol. The summed E-state index contributed by atoms with van der Waals surface area (Å²) in [5.74, 6) is 0.548. The number of nitrogens with one attached hydrogen (secondary N) is 1. The molecule has 2 rings (SSSR count). The average molecular weight is 246 g/mol. The molecule has 0 radical (unpaired) electrons. The first-order valence-corrected chi connectivity index (χ1v) is 7.60. The Morgan fingerprint density at radius 1 is 1.38 bits per heavy atom. The summed E-state index contributed by atoms with van der Waals surface area (Å²) in [6, 6.07) is 0.107. The molecule has 0 aromatic carbocycles. The van der Waals surface area contributed by atoms with E-state index in [1.54, 1.807) is 0 Å². The van der Waals surface area contributed by atoms with Crippen LogP contribution in [0, 0.1) is 0 Å². The maximum Gasteiger partial charge on any atom is 0.238 e. The summed E-state index contributed by atoms with van der Waals surface area (Å²) in [4.78, 5) is 13.6. The minimum absolute atomic E-state index is 0.0957. The lowest BCUT2D eigenvalue weighted by Gasteiger charge is -2.34. The van der Waals surface area contributed by atoms with E-state index in [2.05, 4.69) is 5.32 Å². The third kappa shape index (κ3) is 2.22. The third-order valence-electron chi connectivity index (χ3n) is 3.42. The first-order chi connectivity index (χ1) is 7.53. The van der Waals surface area contributed by atoms with Crippen molar-refractivity contribution in [3.63, 3.8) is 0 Å². The van der Waals surface area contributed by atoms with Crippen LogP contribution in [0.15, 0.2) is 0 Å². The van der Waals surface area contributed by atoms with Crippen molar-refractivity contribution in [2.45, 2.75) is 38.4 Å². The van der Waals surface area contributed by atoms with Gasteiger partial charge in [0.25, 0.3) is 0 Å². The van der Waals surface area contributed by atoms with E-state index >= 15 is 0 Å². The largest absolute Gasteiger partial charge is 0.323 e. The highest BCUT2D eigenvalue weighted by molar-refractivity contribution is 7.91. The molecule has 1 amide bonds. The van der Waals surface area contributed by atoms with Gasteiger partial charge in [-0.3, -0.25) is 10.1 Å². The van der Waals surface area contributed by atoms with Crippen LogP contribution in [-0.4, -0.2) is 49.5 Å². The van der Waals surface area contributed by atoms with E-state index in [9.17, 15) is 13.2 Å². The van der Waals surface area contributed by atoms with Crippen LogP contribution in [0.3, 0.4) is 0 Å². The van der Waals surface area contributed by atoms with Gasteiger partial charge in [-0.05, 0) is 19.3 Å². The highest BCUT2D eigenvalue weighted by atomic mass is 32.2. The Kier molecular flexibility index (Phi) is 3.21. The molecule has 0 aliphatic carbocycles. The van der Waals surface area contributed by atoms with E-state index in [0.29, 0.717) is 19.4 Å². The molecule has 92 valence electrons. The number of nitrogens with zero attached hydrogens (tertiary/aromatic N) is 1. The molecule has 0 aromatic rings. The van der Waals surface area contributed by atoms with Crippen molar-refractivity contribution in [3.8, 4) is 0 Å². The molecule has 0 bridgehead atoms. The first kappa shape index (κ1) is 11.9. The fourth-order valence-corrected chi connectivity index (χ4v) is 3.99. The van der Waals surface area contributed by atoms with Crippen molar-refractivity contribution in [2.24, 2.45) is 0 Å². The van der Waals surface area contributed by atoms with Crippen molar-refractivity contribution in [1.29, 1.82) is 0 Å². The summed E-state index contributed by atoms with van der Waals surface area (Å²) < 4.78 is 22.6. The van der Waals surface area contributed by atoms with Gasteiger partial charge < -0.3 is 4.90 Å². The second-order valence-electron chi connectivity index (χ2n) is 4.49. The predicted molar refractivity (Wildman–Crippen MR) is 60.6 cm³/mol. The van der Waals surface area contributed by atoms with Crippen LogP contribution in [0.4, 0.5) is 0 Å². The zero-order valence-corrected chi connectivity index (χ0v) is 10.3. The van der Waals surface area contributed by atoms with Crippen LogP contribution in [0.5, 0.6) is 0 Å². The Morgan fingerprint density at radius 3 is 2.56 bits per heavy atom. The zero-order valence-electron chi connectivity index (χ0n) is 9.48. The van der Waals surface area contributed by atoms with Crippen molar-refractivity contribution in [1.82, 2.24) is 10.2 Å². The molecule has 2 saturated heterocycles. The smallest absolute Gasteiger partial charge is 0.238 e. The van der Waals surface area contributed by atoms with Crippen molar-refractivity contribution >= 4 is 15.7 Å². The zero-order chi connectivity index (χ0) is 11.8. The molecule has 16 heavy (non-hydrogen) atoms. The van der Waals surface area contributed by atoms with Crippen LogP contribution >= 0.6 is 0 Å². The average Bonchev–Trinajstić information content (AvgIpc) is 2.60. The number of hydrogen-bond donors (Lipinski definition) is 1. The van der Waals surface area contributed by atoms with Gasteiger partial charge in [-0.15, -0.1) is 0 Å². The summed E-state index contributed by atoms with van der Waals surface area (Å²) in [6.45, 7) is 2.42. The van der Waals surface area contributed by atoms with Gasteiger partial charge in [0.1, 0.15) is 9.84 Å². The number of hydrogen-bond acceptors (Lipinski definition) is 4. The maximum atomic E-state index is 11.7. The monoisotopic (exact) mass is 246 g/mol. The molecule has 1 atom stereocenters. The van der Waals surface area contributed by atoms with Gasteiger partial charge in [0.05, 0.1) is 24.2 Å². The lowest BCUT2D eigenvalue weighted by atomic mass is 10.1. The summed E-state index contributed by atoms with van der Waals surface area (Å²) in [7, 11) is -2.85. The first-order valence-electron chi connectivity index (χ1n) is 5.78. The van der Waals surface area contributed by atoms with Crippen molar-refractivity contribution < 1.29 is 13.2 Å². The van der Waals surface area contributed by atoms with Gasteiger partial charge in [-0.25, -0.2) is 8.42 Å². The molecule has 2 aliphatic rings. The quantitative estimate of drug-likeness (QED) is 0.728. The summed E-state index contributed by atoms with van der Waals surface area (Å²) >= 11 is 0. The molecule has 1 unspecified atom stereocenters. The van der Waals surface area contributed by atoms with Crippen LogP contribution in [0.1, 0.15) is 26.2 Å². The molecule has 2 heterocycles. The molecule has 2 fully saturated rings. The Hall–Kier alpha value is -0.620. The molecular formula is C10H18N2O3S. The minimum atomic E-state index is -2.85. The normalized spacial score (nSPS) is 30.9. The van der Waals surface area contributed by atoms with Crippen LogP contribution in [0.25, 0.3) is 0 Å². The minimum Gasteiger partial charge on any atom is -0.323 e. The van der Waals surface area contributed by atoms with Crippen LogP contribution < -0.4 is 5.32 Å². The summed E-state index contributed by atoms with van der Waals surface area (Å²) in [5, 5.41) is 3.15. The summed E-state index contributed by atoms with van der Waals surface area (Å²) in [6.07, 6.45) is 2.14. The van der Waals surface area contributed by atoms with E-state index < -0.39 is 9.84 Å². The van der Waals surface area contributed by atoms with Gasteiger partial charge in [0.2, 0.25) is 5.91 Å². The standard InChI is InChI=1S/C10H18N2O3S/c1-2-9-11-7-10(13)12(9)8-3-5-16(14,15)6-4-8/h8-9,11H,2-7H2,1H3. The van der Waals surface area contributed by atoms with E-state index in [1.165, 1.54) is 0 Å². The van der Waals surface area contributed by atoms with E-state index in [1.807, 2.05) is 11.8 Å². The fourth-order valence-electron chi connectivity index (χ4n) is 2.52. The number of carbonyl (C=O) groups is 1. The molecule has 1 N–H and O–H groups in total. The topological polar surface area (TPSA) is 66.5 Å². The second kappa shape index (κ2) is 4.33. The number of rotatable bonds is 2. The van der Waals surface area contributed by atoms with Gasteiger partial charge >= 0.3 is 0 Å². The van der Waals surface area contributed by atoms with Gasteiger partial charge in [-0.2, -0.15) is 0 Å². The number of sulfone groups is 1. The van der Waals surface area contributed by atoms with E-state index in [4.69, 9.17) is 0 Å². The SMILES string of the molecule is CCC1NCC(=O)N1C1CCS(=O)(=O)CC1. The van der Waals surface area contributed by atoms with Crippen molar-refractivity contribution in [3.05, 3.63) is 0 Å². The second-order valence-corrected chi connectivity index (χ2v) is 6.79. The Labute approximate surface area is 96.1 Å².